The first kappa shape index (κ1) is 9.04. The number of carbonyl (C=O) groups is 1. The van der Waals surface area contributed by atoms with Crippen molar-refractivity contribution in [2.75, 3.05) is 7.11 Å². The molecule has 2 atom stereocenters. The van der Waals surface area contributed by atoms with E-state index in [-0.39, 0.29) is 11.4 Å². The first-order valence-corrected chi connectivity index (χ1v) is 5.38. The Morgan fingerprint density at radius 2 is 1.92 bits per heavy atom. The number of methoxy groups -OCH3 is 1. The number of rotatable bonds is 1. The van der Waals surface area contributed by atoms with Gasteiger partial charge in [-0.2, -0.15) is 0 Å². The Labute approximate surface area is 79.7 Å². The van der Waals surface area contributed by atoms with Crippen molar-refractivity contribution < 1.29 is 9.53 Å². The molecule has 2 aliphatic carbocycles. The predicted octanol–water partition coefficient (Wildman–Crippen LogP) is 2.52. The summed E-state index contributed by atoms with van der Waals surface area (Å²) >= 11 is 0. The average molecular weight is 182 g/mol. The van der Waals surface area contributed by atoms with Crippen LogP contribution in [-0.2, 0) is 9.53 Å². The molecule has 0 heterocycles. The highest BCUT2D eigenvalue weighted by atomic mass is 16.5. The molecule has 0 saturated heterocycles. The molecule has 2 rings (SSSR count). The summed E-state index contributed by atoms with van der Waals surface area (Å²) in [4.78, 5) is 11.7. The van der Waals surface area contributed by atoms with Gasteiger partial charge in [0.1, 0.15) is 0 Å². The van der Waals surface area contributed by atoms with E-state index in [9.17, 15) is 4.79 Å². The first-order chi connectivity index (χ1) is 6.29. The minimum Gasteiger partial charge on any atom is -0.469 e. The fourth-order valence-electron chi connectivity index (χ4n) is 3.30. The molecule has 0 spiro atoms. The molecule has 0 aromatic rings. The maximum Gasteiger partial charge on any atom is 0.312 e. The second kappa shape index (κ2) is 3.32. The van der Waals surface area contributed by atoms with Gasteiger partial charge in [0, 0.05) is 0 Å². The second-order valence-corrected chi connectivity index (χ2v) is 4.48. The highest BCUT2D eigenvalue weighted by molar-refractivity contribution is 5.77. The summed E-state index contributed by atoms with van der Waals surface area (Å²) in [7, 11) is 1.53. The first-order valence-electron chi connectivity index (χ1n) is 5.38. The van der Waals surface area contributed by atoms with E-state index in [0.717, 1.165) is 12.8 Å². The molecule has 74 valence electrons. The summed E-state index contributed by atoms with van der Waals surface area (Å²) in [5.74, 6) is 0.698. The fraction of sp³-hybridized carbons (Fsp3) is 0.909. The molecule has 0 aromatic heterocycles. The van der Waals surface area contributed by atoms with Crippen molar-refractivity contribution in [1.29, 1.82) is 0 Å². The number of ether oxygens (including phenoxy) is 1. The van der Waals surface area contributed by atoms with Crippen molar-refractivity contribution >= 4 is 5.97 Å². The molecule has 0 radical (unpaired) electrons. The Morgan fingerprint density at radius 1 is 1.23 bits per heavy atom. The average Bonchev–Trinajstić information content (AvgIpc) is 2.61. The summed E-state index contributed by atoms with van der Waals surface area (Å²) < 4.78 is 4.96. The number of carbonyl (C=O) groups excluding carboxylic acids is 1. The van der Waals surface area contributed by atoms with Crippen LogP contribution in [0.25, 0.3) is 0 Å². The lowest BCUT2D eigenvalue weighted by atomic mass is 9.68. The standard InChI is InChI=1S/C11H18O2/c1-13-10(12)11-7-3-2-5-9(11)6-4-8-11/h9H,2-8H2,1H3/t9-,11+/m1/s1. The quantitative estimate of drug-likeness (QED) is 0.582. The topological polar surface area (TPSA) is 26.3 Å². The molecule has 2 fully saturated rings. The molecular formula is C11H18O2. The third-order valence-electron chi connectivity index (χ3n) is 3.97. The Bertz CT molecular complexity index is 212. The van der Waals surface area contributed by atoms with Crippen LogP contribution in [0.4, 0.5) is 0 Å². The number of hydrogen-bond donors (Lipinski definition) is 0. The third-order valence-corrected chi connectivity index (χ3v) is 3.97. The smallest absolute Gasteiger partial charge is 0.312 e. The van der Waals surface area contributed by atoms with E-state index < -0.39 is 0 Å². The molecule has 0 aromatic carbocycles. The van der Waals surface area contributed by atoms with E-state index in [1.807, 2.05) is 0 Å². The van der Waals surface area contributed by atoms with Crippen LogP contribution in [0.1, 0.15) is 44.9 Å². The highest BCUT2D eigenvalue weighted by Gasteiger charge is 2.50. The van der Waals surface area contributed by atoms with Crippen LogP contribution in [0.3, 0.4) is 0 Å². The minimum atomic E-state index is -0.0625. The molecule has 0 aliphatic heterocycles. The zero-order valence-electron chi connectivity index (χ0n) is 8.34. The van der Waals surface area contributed by atoms with Crippen LogP contribution < -0.4 is 0 Å². The molecule has 2 saturated carbocycles. The lowest BCUT2D eigenvalue weighted by molar-refractivity contribution is -0.157. The Hall–Kier alpha value is -0.530. The van der Waals surface area contributed by atoms with Crippen molar-refractivity contribution in [1.82, 2.24) is 0 Å². The SMILES string of the molecule is COC(=O)[C@]12CCCC[C@@H]1CCC2. The predicted molar refractivity (Wildman–Crippen MR) is 50.3 cm³/mol. The molecule has 2 nitrogen and oxygen atoms in total. The molecule has 2 aliphatic rings. The van der Waals surface area contributed by atoms with E-state index >= 15 is 0 Å². The van der Waals surface area contributed by atoms with Gasteiger partial charge < -0.3 is 4.74 Å². The molecule has 0 unspecified atom stereocenters. The van der Waals surface area contributed by atoms with Crippen LogP contribution >= 0.6 is 0 Å². The van der Waals surface area contributed by atoms with Crippen molar-refractivity contribution in [3.05, 3.63) is 0 Å². The summed E-state index contributed by atoms with van der Waals surface area (Å²) in [5, 5.41) is 0. The minimum absolute atomic E-state index is 0.0625. The van der Waals surface area contributed by atoms with Crippen LogP contribution in [-0.4, -0.2) is 13.1 Å². The Kier molecular flexibility index (Phi) is 2.31. The zero-order chi connectivity index (χ0) is 9.31. The fourth-order valence-corrected chi connectivity index (χ4v) is 3.30. The lowest BCUT2D eigenvalue weighted by Crippen LogP contribution is -2.38. The van der Waals surface area contributed by atoms with E-state index in [0.29, 0.717) is 5.92 Å². The van der Waals surface area contributed by atoms with Gasteiger partial charge in [-0.25, -0.2) is 0 Å². The lowest BCUT2D eigenvalue weighted by Gasteiger charge is -2.36. The van der Waals surface area contributed by atoms with Gasteiger partial charge >= 0.3 is 5.97 Å². The van der Waals surface area contributed by atoms with E-state index in [4.69, 9.17) is 4.74 Å². The molecule has 13 heavy (non-hydrogen) atoms. The molecule has 0 bridgehead atoms. The summed E-state index contributed by atoms with van der Waals surface area (Å²) in [6.45, 7) is 0. The van der Waals surface area contributed by atoms with Crippen molar-refractivity contribution in [3.63, 3.8) is 0 Å². The molecule has 2 heteroatoms. The van der Waals surface area contributed by atoms with E-state index in [1.165, 1.54) is 39.2 Å². The van der Waals surface area contributed by atoms with E-state index in [2.05, 4.69) is 0 Å². The summed E-state index contributed by atoms with van der Waals surface area (Å²) in [5.41, 5.74) is -0.0625. The van der Waals surface area contributed by atoms with Crippen LogP contribution in [0.15, 0.2) is 0 Å². The number of hydrogen-bond acceptors (Lipinski definition) is 2. The van der Waals surface area contributed by atoms with E-state index in [1.54, 1.807) is 0 Å². The van der Waals surface area contributed by atoms with Gasteiger partial charge in [0.15, 0.2) is 0 Å². The highest BCUT2D eigenvalue weighted by Crippen LogP contribution is 2.52. The molecular weight excluding hydrogens is 164 g/mol. The van der Waals surface area contributed by atoms with Crippen molar-refractivity contribution in [3.8, 4) is 0 Å². The summed E-state index contributed by atoms with van der Waals surface area (Å²) in [6.07, 6.45) is 8.38. The van der Waals surface area contributed by atoms with Crippen molar-refractivity contribution in [2.24, 2.45) is 11.3 Å². The van der Waals surface area contributed by atoms with Gasteiger partial charge in [0.05, 0.1) is 12.5 Å². The largest absolute Gasteiger partial charge is 0.469 e. The monoisotopic (exact) mass is 182 g/mol. The van der Waals surface area contributed by atoms with Crippen molar-refractivity contribution in [2.45, 2.75) is 44.9 Å². The maximum absolute atomic E-state index is 11.7. The third kappa shape index (κ3) is 1.27. The van der Waals surface area contributed by atoms with Gasteiger partial charge in [-0.1, -0.05) is 19.3 Å². The number of fused-ring (bicyclic) bond motifs is 1. The maximum atomic E-state index is 11.7. The zero-order valence-corrected chi connectivity index (χ0v) is 8.34. The normalized spacial score (nSPS) is 38.4. The van der Waals surface area contributed by atoms with Crippen LogP contribution in [0, 0.1) is 11.3 Å². The van der Waals surface area contributed by atoms with Gasteiger partial charge in [0.2, 0.25) is 0 Å². The van der Waals surface area contributed by atoms with Gasteiger partial charge in [0.25, 0.3) is 0 Å². The molecule has 0 N–H and O–H groups in total. The number of esters is 1. The van der Waals surface area contributed by atoms with Gasteiger partial charge in [-0.3, -0.25) is 4.79 Å². The second-order valence-electron chi connectivity index (χ2n) is 4.48. The van der Waals surface area contributed by atoms with Gasteiger partial charge in [-0.05, 0) is 31.6 Å². The Balaban J connectivity index is 2.20. The molecule has 0 amide bonds. The van der Waals surface area contributed by atoms with Crippen LogP contribution in [0.5, 0.6) is 0 Å². The van der Waals surface area contributed by atoms with Gasteiger partial charge in [-0.15, -0.1) is 0 Å². The Morgan fingerprint density at radius 3 is 2.69 bits per heavy atom. The van der Waals surface area contributed by atoms with Crippen LogP contribution in [0.2, 0.25) is 0 Å². The summed E-state index contributed by atoms with van der Waals surface area (Å²) in [6, 6.07) is 0.